The molecule has 0 saturated carbocycles. The van der Waals surface area contributed by atoms with E-state index in [4.69, 9.17) is 14.5 Å². The lowest BCUT2D eigenvalue weighted by atomic mass is 10.1. The van der Waals surface area contributed by atoms with Crippen molar-refractivity contribution in [3.63, 3.8) is 0 Å². The molecule has 2 aromatic carbocycles. The largest absolute Gasteiger partial charge is 0.443 e. The van der Waals surface area contributed by atoms with Crippen molar-refractivity contribution in [1.82, 2.24) is 24.8 Å². The molecule has 5 rings (SSSR count). The number of likely N-dealkylation sites (N-methyl/N-ethyl adjacent to an activating group) is 1. The Morgan fingerprint density at radius 1 is 0.843 bits per heavy atom. The van der Waals surface area contributed by atoms with Crippen LogP contribution in [-0.2, 0) is 16.0 Å². The molecule has 0 aliphatic carbocycles. The number of imide groups is 1. The van der Waals surface area contributed by atoms with Gasteiger partial charge in [-0.25, -0.2) is 29.4 Å². The fraction of sp³-hybridized carbons (Fsp3) is 0.385. The van der Waals surface area contributed by atoms with Crippen LogP contribution in [0.2, 0.25) is 0 Å². The number of amides is 3. The first-order valence-corrected chi connectivity index (χ1v) is 17.0. The van der Waals surface area contributed by atoms with Gasteiger partial charge < -0.3 is 14.4 Å². The van der Waals surface area contributed by atoms with Gasteiger partial charge in [-0.05, 0) is 109 Å². The van der Waals surface area contributed by atoms with Crippen molar-refractivity contribution in [3.8, 4) is 11.3 Å². The van der Waals surface area contributed by atoms with Crippen LogP contribution in [0.25, 0.3) is 11.3 Å². The highest BCUT2D eigenvalue weighted by Crippen LogP contribution is 2.34. The molecule has 0 N–H and O–H groups in total. The zero-order valence-corrected chi connectivity index (χ0v) is 30.7. The number of aromatic nitrogens is 3. The SMILES string of the molecule is Cc1ccc(N(C(=O)OC(C)(C)C)C(=O)c2ccc(CN3CCN(C)CC3)cc2)cc1N(C(=O)OC(C)(C)C)[14c]1nccc(-c2cccnc2)n1. The van der Waals surface area contributed by atoms with E-state index >= 15 is 0 Å². The van der Waals surface area contributed by atoms with Crippen molar-refractivity contribution in [1.29, 1.82) is 0 Å². The van der Waals surface area contributed by atoms with Crippen molar-refractivity contribution in [2.45, 2.75) is 66.2 Å². The van der Waals surface area contributed by atoms with E-state index in [9.17, 15) is 14.4 Å². The number of nitrogens with zero attached hydrogens (tertiary/aromatic N) is 7. The van der Waals surface area contributed by atoms with E-state index in [1.165, 1.54) is 4.90 Å². The Morgan fingerprint density at radius 3 is 2.14 bits per heavy atom. The van der Waals surface area contributed by atoms with Gasteiger partial charge in [-0.1, -0.05) is 18.2 Å². The standard InChI is InChI=1S/C39H47N7O5/c1-27-11-16-31(24-33(27)46(37(49)51-39(5,6)7)35-41-19-17-32(42-35)30-10-9-18-40-25-30)45(36(48)50-38(2,3)4)34(47)29-14-12-28(13-15-29)26-44-22-20-43(8)21-23-44/h9-19,24-25H,20-23,26H2,1-8H3/i35+2. The van der Waals surface area contributed by atoms with E-state index in [0.29, 0.717) is 22.5 Å². The number of pyridine rings is 1. The second-order valence-electron chi connectivity index (χ2n) is 14.7. The zero-order valence-electron chi connectivity index (χ0n) is 30.7. The molecule has 268 valence electrons. The number of hydrogen-bond acceptors (Lipinski definition) is 10. The zero-order chi connectivity index (χ0) is 36.9. The van der Waals surface area contributed by atoms with Gasteiger partial charge in [0.05, 0.1) is 17.1 Å². The molecule has 1 saturated heterocycles. The van der Waals surface area contributed by atoms with Crippen LogP contribution >= 0.6 is 0 Å². The number of ether oxygens (including phenoxy) is 2. The highest BCUT2D eigenvalue weighted by molar-refractivity contribution is 6.19. The van der Waals surface area contributed by atoms with E-state index in [1.54, 1.807) is 110 Å². The molecule has 0 spiro atoms. The van der Waals surface area contributed by atoms with Crippen LogP contribution in [0.4, 0.5) is 26.9 Å². The number of rotatable bonds is 7. The lowest BCUT2D eigenvalue weighted by molar-refractivity contribution is 0.0560. The van der Waals surface area contributed by atoms with Crippen LogP contribution in [0.5, 0.6) is 0 Å². The van der Waals surface area contributed by atoms with Crippen molar-refractivity contribution >= 4 is 35.4 Å². The Hall–Kier alpha value is -5.20. The Labute approximate surface area is 300 Å². The normalized spacial score (nSPS) is 14.1. The summed E-state index contributed by atoms with van der Waals surface area (Å²) >= 11 is 0. The number of aryl methyl sites for hydroxylation is 1. The van der Waals surface area contributed by atoms with Gasteiger partial charge >= 0.3 is 12.2 Å². The highest BCUT2D eigenvalue weighted by atomic mass is 16.6. The number of hydrogen-bond donors (Lipinski definition) is 0. The van der Waals surface area contributed by atoms with Crippen LogP contribution in [0.1, 0.15) is 63.0 Å². The van der Waals surface area contributed by atoms with E-state index in [-0.39, 0.29) is 11.6 Å². The van der Waals surface area contributed by atoms with E-state index < -0.39 is 29.3 Å². The third kappa shape index (κ3) is 9.74. The Morgan fingerprint density at radius 2 is 1.51 bits per heavy atom. The summed E-state index contributed by atoms with van der Waals surface area (Å²) in [7, 11) is 2.12. The molecule has 1 aliphatic rings. The van der Waals surface area contributed by atoms with Gasteiger partial charge in [0, 0.05) is 62.4 Å². The summed E-state index contributed by atoms with van der Waals surface area (Å²) in [6.45, 7) is 17.0. The summed E-state index contributed by atoms with van der Waals surface area (Å²) in [5.41, 5.74) is 2.05. The average Bonchev–Trinajstić information content (AvgIpc) is 3.06. The minimum atomic E-state index is -0.890. The summed E-state index contributed by atoms with van der Waals surface area (Å²) in [4.78, 5) is 62.3. The number of piperazine rings is 1. The molecule has 0 atom stereocenters. The molecule has 2 aromatic heterocycles. The molecule has 0 bridgehead atoms. The Kier molecular flexibility index (Phi) is 11.2. The predicted molar refractivity (Wildman–Crippen MR) is 197 cm³/mol. The van der Waals surface area contributed by atoms with Crippen molar-refractivity contribution < 1.29 is 23.9 Å². The lowest BCUT2D eigenvalue weighted by Gasteiger charge is -2.32. The Balaban J connectivity index is 1.55. The first kappa shape index (κ1) is 37.1. The minimum Gasteiger partial charge on any atom is -0.443 e. The fourth-order valence-corrected chi connectivity index (χ4v) is 5.46. The Bertz CT molecular complexity index is 1840. The third-order valence-corrected chi connectivity index (χ3v) is 8.05. The number of carbonyl (C=O) groups excluding carboxylic acids is 3. The molecule has 12 heteroatoms. The van der Waals surface area contributed by atoms with Gasteiger partial charge in [0.15, 0.2) is 0 Å². The summed E-state index contributed by atoms with van der Waals surface area (Å²) in [6, 6.07) is 17.6. The fourth-order valence-electron chi connectivity index (χ4n) is 5.46. The number of anilines is 3. The second-order valence-corrected chi connectivity index (χ2v) is 14.7. The van der Waals surface area contributed by atoms with E-state index in [0.717, 1.165) is 48.8 Å². The molecule has 1 aliphatic heterocycles. The minimum absolute atomic E-state index is 0.0388. The van der Waals surface area contributed by atoms with Crippen LogP contribution in [0, 0.1) is 6.92 Å². The third-order valence-electron chi connectivity index (χ3n) is 8.05. The summed E-state index contributed by atoms with van der Waals surface area (Å²) < 4.78 is 11.6. The van der Waals surface area contributed by atoms with Crippen molar-refractivity contribution in [3.05, 3.63) is 95.9 Å². The smallest absolute Gasteiger partial charge is 0.422 e. The topological polar surface area (TPSA) is 121 Å². The molecular weight excluding hydrogens is 648 g/mol. The molecule has 3 heterocycles. The summed E-state index contributed by atoms with van der Waals surface area (Å²) in [6.07, 6.45) is 3.28. The molecule has 0 unspecified atom stereocenters. The van der Waals surface area contributed by atoms with Crippen molar-refractivity contribution in [2.24, 2.45) is 0 Å². The molecule has 4 aromatic rings. The molecule has 1 fully saturated rings. The van der Waals surface area contributed by atoms with Crippen LogP contribution in [0.3, 0.4) is 0 Å². The monoisotopic (exact) mass is 695 g/mol. The van der Waals surface area contributed by atoms with Crippen molar-refractivity contribution in [2.75, 3.05) is 43.0 Å². The van der Waals surface area contributed by atoms with Crippen LogP contribution in [0.15, 0.2) is 79.3 Å². The maximum absolute atomic E-state index is 14.2. The van der Waals surface area contributed by atoms with Gasteiger partial charge in [0.2, 0.25) is 5.95 Å². The maximum Gasteiger partial charge on any atom is 0.422 e. The van der Waals surface area contributed by atoms with Crippen LogP contribution in [-0.4, -0.2) is 87.3 Å². The maximum atomic E-state index is 14.2. The molecule has 12 nitrogen and oxygen atoms in total. The highest BCUT2D eigenvalue weighted by Gasteiger charge is 2.33. The van der Waals surface area contributed by atoms with Gasteiger partial charge in [-0.2, -0.15) is 0 Å². The van der Waals surface area contributed by atoms with Gasteiger partial charge in [-0.3, -0.25) is 14.7 Å². The van der Waals surface area contributed by atoms with E-state index in [1.807, 2.05) is 18.2 Å². The first-order chi connectivity index (χ1) is 24.1. The summed E-state index contributed by atoms with van der Waals surface area (Å²) in [5, 5.41) is 0. The quantitative estimate of drug-likeness (QED) is 0.195. The predicted octanol–water partition coefficient (Wildman–Crippen LogP) is 7.25. The second kappa shape index (κ2) is 15.4. The van der Waals surface area contributed by atoms with E-state index in [2.05, 4.69) is 26.8 Å². The van der Waals surface area contributed by atoms with Gasteiger partial charge in [-0.15, -0.1) is 0 Å². The number of benzene rings is 2. The molecule has 51 heavy (non-hydrogen) atoms. The average molecular weight is 696 g/mol. The molecule has 3 amide bonds. The number of carbonyl (C=O) groups is 3. The molecule has 0 radical (unpaired) electrons. The lowest BCUT2D eigenvalue weighted by Crippen LogP contribution is -2.43. The first-order valence-electron chi connectivity index (χ1n) is 17.0. The van der Waals surface area contributed by atoms with Gasteiger partial charge in [0.25, 0.3) is 5.91 Å². The summed E-state index contributed by atoms with van der Waals surface area (Å²) in [5.74, 6) is -0.541. The molecular formula is C39H47N7O5. The van der Waals surface area contributed by atoms with Gasteiger partial charge in [0.1, 0.15) is 11.2 Å². The van der Waals surface area contributed by atoms with Crippen LogP contribution < -0.4 is 9.80 Å².